The van der Waals surface area contributed by atoms with Crippen molar-refractivity contribution in [3.05, 3.63) is 34.9 Å². The molecule has 0 aliphatic heterocycles. The first-order chi connectivity index (χ1) is 8.47. The first-order valence-electron chi connectivity index (χ1n) is 6.13. The van der Waals surface area contributed by atoms with Crippen molar-refractivity contribution in [1.29, 1.82) is 0 Å². The lowest BCUT2D eigenvalue weighted by molar-refractivity contribution is 0.0944. The summed E-state index contributed by atoms with van der Waals surface area (Å²) in [7, 11) is 0. The topological polar surface area (TPSA) is 55.1 Å². The molecule has 1 atom stereocenters. The maximum atomic E-state index is 12.2. The van der Waals surface area contributed by atoms with Crippen molar-refractivity contribution in [2.45, 2.75) is 39.7 Å². The van der Waals surface area contributed by atoms with Gasteiger partial charge in [0.25, 0.3) is 5.91 Å². The normalized spacial score (nSPS) is 11.9. The summed E-state index contributed by atoms with van der Waals surface area (Å²) in [5.74, 6) is -0.100. The number of hydrogen-bond acceptors (Lipinski definition) is 2. The molecule has 0 saturated carbocycles. The fourth-order valence-corrected chi connectivity index (χ4v) is 2.15. The molecular formula is C14H20N2OS. The van der Waals surface area contributed by atoms with Gasteiger partial charge in [-0.15, -0.1) is 0 Å². The maximum Gasteiger partial charge on any atom is 0.252 e. The Bertz CT molecular complexity index is 437. The third-order valence-electron chi connectivity index (χ3n) is 2.93. The van der Waals surface area contributed by atoms with Crippen LogP contribution >= 0.6 is 12.2 Å². The minimum atomic E-state index is -0.225. The lowest BCUT2D eigenvalue weighted by Gasteiger charge is -2.18. The average molecular weight is 264 g/mol. The van der Waals surface area contributed by atoms with Crippen LogP contribution in [-0.4, -0.2) is 16.9 Å². The molecule has 0 heterocycles. The van der Waals surface area contributed by atoms with Crippen LogP contribution in [0.4, 0.5) is 0 Å². The molecular weight excluding hydrogens is 244 g/mol. The number of amides is 1. The Morgan fingerprint density at radius 1 is 1.39 bits per heavy atom. The Balaban J connectivity index is 2.90. The van der Waals surface area contributed by atoms with E-state index in [4.69, 9.17) is 18.0 Å². The van der Waals surface area contributed by atoms with Gasteiger partial charge in [0, 0.05) is 5.56 Å². The van der Waals surface area contributed by atoms with E-state index < -0.39 is 0 Å². The highest BCUT2D eigenvalue weighted by Crippen LogP contribution is 2.13. The summed E-state index contributed by atoms with van der Waals surface area (Å²) in [5, 5.41) is 2.91. The molecule has 0 bridgehead atoms. The summed E-state index contributed by atoms with van der Waals surface area (Å²) in [6, 6.07) is 5.57. The van der Waals surface area contributed by atoms with Crippen molar-refractivity contribution in [3.63, 3.8) is 0 Å². The predicted molar refractivity (Wildman–Crippen MR) is 78.9 cm³/mol. The number of nitrogens with two attached hydrogens (primary N) is 1. The van der Waals surface area contributed by atoms with E-state index in [9.17, 15) is 4.79 Å². The first kappa shape index (κ1) is 14.6. The van der Waals surface area contributed by atoms with E-state index in [1.807, 2.05) is 39.0 Å². The Morgan fingerprint density at radius 3 is 2.39 bits per heavy atom. The highest BCUT2D eigenvalue weighted by molar-refractivity contribution is 7.80. The standard InChI is InChI=1S/C14H20N2OS/c1-4-6-11(13(15)18)16-14(17)12-9(2)7-5-8-10(12)3/h5,7-8,11H,4,6H2,1-3H3,(H2,15,18)(H,16,17). The lowest BCUT2D eigenvalue weighted by Crippen LogP contribution is -2.43. The minimum Gasteiger partial charge on any atom is -0.392 e. The Morgan fingerprint density at radius 2 is 1.94 bits per heavy atom. The van der Waals surface area contributed by atoms with Crippen LogP contribution in [0.25, 0.3) is 0 Å². The molecule has 3 nitrogen and oxygen atoms in total. The van der Waals surface area contributed by atoms with Crippen LogP contribution in [0.2, 0.25) is 0 Å². The van der Waals surface area contributed by atoms with E-state index in [2.05, 4.69) is 5.32 Å². The molecule has 3 N–H and O–H groups in total. The Labute approximate surface area is 114 Å². The third-order valence-corrected chi connectivity index (χ3v) is 3.22. The quantitative estimate of drug-likeness (QED) is 0.803. The zero-order chi connectivity index (χ0) is 13.7. The lowest BCUT2D eigenvalue weighted by atomic mass is 10.0. The summed E-state index contributed by atoms with van der Waals surface area (Å²) in [6.45, 7) is 5.89. The van der Waals surface area contributed by atoms with Crippen molar-refractivity contribution in [2.24, 2.45) is 5.73 Å². The molecule has 98 valence electrons. The number of aryl methyl sites for hydroxylation is 2. The molecule has 0 radical (unpaired) electrons. The molecule has 1 aromatic rings. The van der Waals surface area contributed by atoms with E-state index in [-0.39, 0.29) is 11.9 Å². The Kier molecular flexibility index (Phi) is 5.28. The largest absolute Gasteiger partial charge is 0.392 e. The Hall–Kier alpha value is -1.42. The van der Waals surface area contributed by atoms with E-state index in [1.54, 1.807) is 0 Å². The van der Waals surface area contributed by atoms with Crippen LogP contribution in [0.1, 0.15) is 41.3 Å². The second-order valence-corrected chi connectivity index (χ2v) is 4.96. The molecule has 1 amide bonds. The zero-order valence-electron chi connectivity index (χ0n) is 11.1. The van der Waals surface area contributed by atoms with Gasteiger partial charge in [-0.3, -0.25) is 4.79 Å². The van der Waals surface area contributed by atoms with Gasteiger partial charge >= 0.3 is 0 Å². The van der Waals surface area contributed by atoms with Crippen LogP contribution in [-0.2, 0) is 0 Å². The van der Waals surface area contributed by atoms with Crippen LogP contribution < -0.4 is 11.1 Å². The summed E-state index contributed by atoms with van der Waals surface area (Å²) < 4.78 is 0. The van der Waals surface area contributed by atoms with Gasteiger partial charge in [0.15, 0.2) is 0 Å². The molecule has 0 fully saturated rings. The summed E-state index contributed by atoms with van der Waals surface area (Å²) >= 11 is 4.98. The molecule has 0 saturated heterocycles. The van der Waals surface area contributed by atoms with Crippen molar-refractivity contribution in [2.75, 3.05) is 0 Å². The summed E-state index contributed by atoms with van der Waals surface area (Å²) in [4.78, 5) is 12.6. The van der Waals surface area contributed by atoms with Gasteiger partial charge < -0.3 is 11.1 Å². The van der Waals surface area contributed by atoms with E-state index in [1.165, 1.54) is 0 Å². The SMILES string of the molecule is CCCC(NC(=O)c1c(C)cccc1C)C(N)=S. The molecule has 1 rings (SSSR count). The van der Waals surface area contributed by atoms with E-state index in [0.29, 0.717) is 4.99 Å². The molecule has 0 aliphatic carbocycles. The van der Waals surface area contributed by atoms with Crippen LogP contribution in [0.5, 0.6) is 0 Å². The number of hydrogen-bond donors (Lipinski definition) is 2. The van der Waals surface area contributed by atoms with E-state index in [0.717, 1.165) is 29.5 Å². The second-order valence-electron chi connectivity index (χ2n) is 4.48. The van der Waals surface area contributed by atoms with Crippen LogP contribution in [0.3, 0.4) is 0 Å². The van der Waals surface area contributed by atoms with Gasteiger partial charge in [-0.1, -0.05) is 43.8 Å². The number of rotatable bonds is 5. The minimum absolute atomic E-state index is 0.100. The van der Waals surface area contributed by atoms with Gasteiger partial charge in [0.05, 0.1) is 11.0 Å². The van der Waals surface area contributed by atoms with Gasteiger partial charge in [-0.2, -0.15) is 0 Å². The van der Waals surface area contributed by atoms with Crippen LogP contribution in [0.15, 0.2) is 18.2 Å². The molecule has 0 spiro atoms. The maximum absolute atomic E-state index is 12.2. The molecule has 1 unspecified atom stereocenters. The molecule has 18 heavy (non-hydrogen) atoms. The monoisotopic (exact) mass is 264 g/mol. The number of thiocarbonyl (C=S) groups is 1. The fourth-order valence-electron chi connectivity index (χ4n) is 1.98. The summed E-state index contributed by atoms with van der Waals surface area (Å²) in [6.07, 6.45) is 1.70. The number of nitrogens with one attached hydrogen (secondary N) is 1. The number of carbonyl (C=O) groups is 1. The van der Waals surface area contributed by atoms with Gasteiger partial charge in [-0.25, -0.2) is 0 Å². The van der Waals surface area contributed by atoms with Crippen molar-refractivity contribution in [1.82, 2.24) is 5.32 Å². The average Bonchev–Trinajstić information content (AvgIpc) is 2.28. The molecule has 0 aliphatic rings. The van der Waals surface area contributed by atoms with Crippen molar-refractivity contribution < 1.29 is 4.79 Å². The number of carbonyl (C=O) groups excluding carboxylic acids is 1. The summed E-state index contributed by atoms with van der Waals surface area (Å²) in [5.41, 5.74) is 8.29. The fraction of sp³-hybridized carbons (Fsp3) is 0.429. The first-order valence-corrected chi connectivity index (χ1v) is 6.54. The van der Waals surface area contributed by atoms with Crippen molar-refractivity contribution in [3.8, 4) is 0 Å². The zero-order valence-corrected chi connectivity index (χ0v) is 11.9. The third kappa shape index (κ3) is 3.53. The van der Waals surface area contributed by atoms with Crippen molar-refractivity contribution >= 4 is 23.1 Å². The van der Waals surface area contributed by atoms with Crippen LogP contribution in [0, 0.1) is 13.8 Å². The van der Waals surface area contributed by atoms with Gasteiger partial charge in [0.1, 0.15) is 0 Å². The second kappa shape index (κ2) is 6.50. The number of benzene rings is 1. The highest BCUT2D eigenvalue weighted by Gasteiger charge is 2.17. The molecule has 1 aromatic carbocycles. The predicted octanol–water partition coefficient (Wildman–Crippen LogP) is 2.49. The molecule has 4 heteroatoms. The smallest absolute Gasteiger partial charge is 0.252 e. The van der Waals surface area contributed by atoms with E-state index >= 15 is 0 Å². The van der Waals surface area contributed by atoms with Gasteiger partial charge in [0.2, 0.25) is 0 Å². The highest BCUT2D eigenvalue weighted by atomic mass is 32.1. The molecule has 0 aromatic heterocycles. The van der Waals surface area contributed by atoms with Gasteiger partial charge in [-0.05, 0) is 31.4 Å².